The quantitative estimate of drug-likeness (QED) is 0.423. The van der Waals surface area contributed by atoms with Gasteiger partial charge in [0.05, 0.1) is 35.8 Å². The van der Waals surface area contributed by atoms with Gasteiger partial charge >= 0.3 is 0 Å². The number of benzene rings is 2. The van der Waals surface area contributed by atoms with E-state index >= 15 is 0 Å². The van der Waals surface area contributed by atoms with Gasteiger partial charge in [-0.05, 0) is 57.4 Å². The Bertz CT molecular complexity index is 1000. The molecule has 6 heteroatoms. The van der Waals surface area contributed by atoms with Gasteiger partial charge in [-0.3, -0.25) is 4.90 Å². The van der Waals surface area contributed by atoms with Crippen molar-refractivity contribution < 1.29 is 14.6 Å². The van der Waals surface area contributed by atoms with E-state index in [0.717, 1.165) is 47.8 Å². The van der Waals surface area contributed by atoms with Gasteiger partial charge in [-0.1, -0.05) is 43.3 Å². The fraction of sp³-hybridized carbons (Fsp3) is 0.444. The van der Waals surface area contributed by atoms with Crippen molar-refractivity contribution in [3.63, 3.8) is 0 Å². The highest BCUT2D eigenvalue weighted by atomic mass is 16.5. The maximum Gasteiger partial charge on any atom is 0.227 e. The zero-order chi connectivity index (χ0) is 23.2. The molecule has 33 heavy (non-hydrogen) atoms. The second-order valence-electron chi connectivity index (χ2n) is 8.94. The molecule has 176 valence electrons. The molecule has 2 aromatic carbocycles. The van der Waals surface area contributed by atoms with Crippen LogP contribution in [0, 0.1) is 0 Å². The molecule has 1 saturated carbocycles. The largest absolute Gasteiger partial charge is 0.439 e. The molecule has 4 rings (SSSR count). The Kier molecular flexibility index (Phi) is 7.81. The molecule has 0 spiro atoms. The first-order valence-electron chi connectivity index (χ1n) is 12.0. The molecule has 6 nitrogen and oxygen atoms in total. The highest BCUT2D eigenvalue weighted by molar-refractivity contribution is 5.43. The molecule has 1 atom stereocenters. The summed E-state index contributed by atoms with van der Waals surface area (Å²) in [5, 5.41) is 15.6. The average Bonchev–Trinajstić information content (AvgIpc) is 3.62. The van der Waals surface area contributed by atoms with Crippen LogP contribution in [-0.4, -0.2) is 51.2 Å². The van der Waals surface area contributed by atoms with Crippen molar-refractivity contribution in [2.24, 2.45) is 0 Å². The first-order valence-corrected chi connectivity index (χ1v) is 12.0. The van der Waals surface area contributed by atoms with Crippen LogP contribution in [0.5, 0.6) is 11.6 Å². The SMILES string of the molecule is CCc1nn(-c2ccccc2)c(Oc2ccccc2)c1CN(C[C@@H](O)COC(C)C)C1CC1. The second kappa shape index (κ2) is 11.0. The van der Waals surface area contributed by atoms with Gasteiger partial charge in [-0.25, -0.2) is 4.68 Å². The van der Waals surface area contributed by atoms with Crippen molar-refractivity contribution in [3.05, 3.63) is 71.9 Å². The molecule has 1 aromatic heterocycles. The Morgan fingerprint density at radius 2 is 1.73 bits per heavy atom. The third kappa shape index (κ3) is 6.22. The lowest BCUT2D eigenvalue weighted by Gasteiger charge is -2.26. The third-order valence-corrected chi connectivity index (χ3v) is 5.80. The fourth-order valence-electron chi connectivity index (χ4n) is 3.98. The Morgan fingerprint density at radius 1 is 1.06 bits per heavy atom. The monoisotopic (exact) mass is 449 g/mol. The number of aliphatic hydroxyl groups is 1. The van der Waals surface area contributed by atoms with Gasteiger partial charge in [-0.2, -0.15) is 5.10 Å². The zero-order valence-electron chi connectivity index (χ0n) is 19.9. The summed E-state index contributed by atoms with van der Waals surface area (Å²) < 4.78 is 14.0. The second-order valence-corrected chi connectivity index (χ2v) is 8.94. The van der Waals surface area contributed by atoms with Crippen LogP contribution in [0.15, 0.2) is 60.7 Å². The molecule has 0 unspecified atom stereocenters. The van der Waals surface area contributed by atoms with Gasteiger partial charge in [0.25, 0.3) is 0 Å². The molecule has 1 heterocycles. The van der Waals surface area contributed by atoms with Crippen molar-refractivity contribution >= 4 is 0 Å². The van der Waals surface area contributed by atoms with Crippen LogP contribution in [0.3, 0.4) is 0 Å². The number of ether oxygens (including phenoxy) is 2. The first-order chi connectivity index (χ1) is 16.0. The third-order valence-electron chi connectivity index (χ3n) is 5.80. The molecule has 3 aromatic rings. The standard InChI is InChI=1S/C27H35N3O3/c1-4-26-25(18-29(21-15-16-21)17-23(31)19-32-20(2)3)27(33-24-13-9-6-10-14-24)30(28-26)22-11-7-5-8-12-22/h5-14,20-21,23,31H,4,15-19H2,1-3H3/t23-/m1/s1. The summed E-state index contributed by atoms with van der Waals surface area (Å²) in [4.78, 5) is 2.36. The fourth-order valence-corrected chi connectivity index (χ4v) is 3.98. The van der Waals surface area contributed by atoms with Crippen LogP contribution in [0.4, 0.5) is 0 Å². The van der Waals surface area contributed by atoms with E-state index in [-0.39, 0.29) is 6.10 Å². The van der Waals surface area contributed by atoms with Gasteiger partial charge in [-0.15, -0.1) is 0 Å². The van der Waals surface area contributed by atoms with Gasteiger partial charge in [0, 0.05) is 19.1 Å². The summed E-state index contributed by atoms with van der Waals surface area (Å²) in [5.41, 5.74) is 3.06. The maximum absolute atomic E-state index is 10.6. The number of aryl methyl sites for hydroxylation is 1. The zero-order valence-corrected chi connectivity index (χ0v) is 19.9. The van der Waals surface area contributed by atoms with Crippen molar-refractivity contribution in [1.82, 2.24) is 14.7 Å². The van der Waals surface area contributed by atoms with Crippen molar-refractivity contribution in [1.29, 1.82) is 0 Å². The summed E-state index contributed by atoms with van der Waals surface area (Å²) in [5.74, 6) is 1.52. The molecule has 1 aliphatic rings. The Hall–Kier alpha value is -2.67. The predicted octanol–water partition coefficient (Wildman–Crippen LogP) is 4.98. The molecular weight excluding hydrogens is 414 g/mol. The summed E-state index contributed by atoms with van der Waals surface area (Å²) >= 11 is 0. The van der Waals surface area contributed by atoms with E-state index in [4.69, 9.17) is 14.6 Å². The van der Waals surface area contributed by atoms with E-state index in [2.05, 4.69) is 11.8 Å². The highest BCUT2D eigenvalue weighted by Crippen LogP contribution is 2.35. The van der Waals surface area contributed by atoms with E-state index in [9.17, 15) is 5.11 Å². The molecule has 1 N–H and O–H groups in total. The van der Waals surface area contributed by atoms with E-state index in [1.54, 1.807) is 0 Å². The number of hydrogen-bond acceptors (Lipinski definition) is 5. The molecule has 0 bridgehead atoms. The minimum atomic E-state index is -0.527. The van der Waals surface area contributed by atoms with E-state index in [1.165, 1.54) is 0 Å². The Balaban J connectivity index is 1.66. The van der Waals surface area contributed by atoms with Crippen molar-refractivity contribution in [2.45, 2.75) is 64.8 Å². The van der Waals surface area contributed by atoms with E-state index in [1.807, 2.05) is 79.2 Å². The van der Waals surface area contributed by atoms with Crippen LogP contribution in [0.1, 0.15) is 44.9 Å². The minimum Gasteiger partial charge on any atom is -0.439 e. The van der Waals surface area contributed by atoms with E-state index < -0.39 is 6.10 Å². The van der Waals surface area contributed by atoms with Crippen molar-refractivity contribution in [2.75, 3.05) is 13.2 Å². The normalized spacial score (nSPS) is 14.7. The maximum atomic E-state index is 10.6. The average molecular weight is 450 g/mol. The van der Waals surface area contributed by atoms with Crippen LogP contribution >= 0.6 is 0 Å². The number of rotatable bonds is 12. The summed E-state index contributed by atoms with van der Waals surface area (Å²) in [6.07, 6.45) is 2.69. The van der Waals surface area contributed by atoms with Gasteiger partial charge in [0.15, 0.2) is 0 Å². The van der Waals surface area contributed by atoms with Gasteiger partial charge < -0.3 is 14.6 Å². The molecular formula is C27H35N3O3. The number of aromatic nitrogens is 2. The summed E-state index contributed by atoms with van der Waals surface area (Å²) in [6, 6.07) is 20.4. The highest BCUT2D eigenvalue weighted by Gasteiger charge is 2.33. The number of hydrogen-bond donors (Lipinski definition) is 1. The van der Waals surface area contributed by atoms with E-state index in [0.29, 0.717) is 25.7 Å². The topological polar surface area (TPSA) is 59.8 Å². The van der Waals surface area contributed by atoms with Crippen molar-refractivity contribution in [3.8, 4) is 17.3 Å². The molecule has 1 fully saturated rings. The lowest BCUT2D eigenvalue weighted by molar-refractivity contribution is -0.0107. The van der Waals surface area contributed by atoms with Crippen LogP contribution in [-0.2, 0) is 17.7 Å². The lowest BCUT2D eigenvalue weighted by atomic mass is 10.1. The number of nitrogens with zero attached hydrogens (tertiary/aromatic N) is 3. The van der Waals surface area contributed by atoms with Crippen LogP contribution in [0.25, 0.3) is 5.69 Å². The van der Waals surface area contributed by atoms with Gasteiger partial charge in [0.1, 0.15) is 5.75 Å². The first kappa shape index (κ1) is 23.5. The number of aliphatic hydroxyl groups excluding tert-OH is 1. The predicted molar refractivity (Wildman–Crippen MR) is 130 cm³/mol. The van der Waals surface area contributed by atoms with Crippen LogP contribution in [0.2, 0.25) is 0 Å². The van der Waals surface area contributed by atoms with Gasteiger partial charge in [0.2, 0.25) is 5.88 Å². The molecule has 1 aliphatic carbocycles. The molecule has 0 saturated heterocycles. The minimum absolute atomic E-state index is 0.107. The summed E-state index contributed by atoms with van der Waals surface area (Å²) in [6.45, 7) is 7.70. The number of para-hydroxylation sites is 2. The summed E-state index contributed by atoms with van der Waals surface area (Å²) in [7, 11) is 0. The lowest BCUT2D eigenvalue weighted by Crippen LogP contribution is -2.36. The molecule has 0 amide bonds. The smallest absolute Gasteiger partial charge is 0.227 e. The van der Waals surface area contributed by atoms with Crippen LogP contribution < -0.4 is 4.74 Å². The molecule has 0 aliphatic heterocycles. The Labute approximate surface area is 196 Å². The molecule has 0 radical (unpaired) electrons. The Morgan fingerprint density at radius 3 is 2.33 bits per heavy atom.